The highest BCUT2D eigenvalue weighted by atomic mass is 32.2. The number of ether oxygens (including phenoxy) is 2. The third-order valence-electron chi connectivity index (χ3n) is 4.01. The number of rotatable bonds is 5. The number of nitrogens with two attached hydrogens (primary N) is 1. The van der Waals surface area contributed by atoms with E-state index in [0.29, 0.717) is 5.75 Å². The van der Waals surface area contributed by atoms with E-state index in [0.717, 1.165) is 25.7 Å². The van der Waals surface area contributed by atoms with Gasteiger partial charge in [0.2, 0.25) is 10.0 Å². The van der Waals surface area contributed by atoms with Crippen molar-refractivity contribution in [3.63, 3.8) is 0 Å². The summed E-state index contributed by atoms with van der Waals surface area (Å²) in [5.74, 6) is 0.639. The van der Waals surface area contributed by atoms with E-state index >= 15 is 0 Å². The van der Waals surface area contributed by atoms with E-state index in [1.165, 1.54) is 30.7 Å². The molecule has 0 bridgehead atoms. The molecule has 118 valence electrons. The lowest BCUT2D eigenvalue weighted by Gasteiger charge is -2.25. The molecule has 0 radical (unpaired) electrons. The third-order valence-corrected chi connectivity index (χ3v) is 5.94. The highest BCUT2D eigenvalue weighted by Gasteiger charge is 2.32. The number of nitrogens with zero attached hydrogens (tertiary/aromatic N) is 1. The van der Waals surface area contributed by atoms with Crippen LogP contribution < -0.4 is 15.2 Å². The first-order valence-corrected chi connectivity index (χ1v) is 8.35. The Kier molecular flexibility index (Phi) is 4.63. The maximum absolute atomic E-state index is 12.8. The second kappa shape index (κ2) is 6.11. The van der Waals surface area contributed by atoms with Gasteiger partial charge < -0.3 is 15.2 Å². The molecule has 7 heteroatoms. The highest BCUT2D eigenvalue weighted by Crippen LogP contribution is 2.36. The molecule has 2 N–H and O–H groups in total. The topological polar surface area (TPSA) is 81.9 Å². The Morgan fingerprint density at radius 1 is 1.14 bits per heavy atom. The smallest absolute Gasteiger partial charge is 0.246 e. The van der Waals surface area contributed by atoms with Gasteiger partial charge in [0.1, 0.15) is 16.4 Å². The number of nitrogen functional groups attached to an aromatic ring is 1. The van der Waals surface area contributed by atoms with Crippen LogP contribution in [0.4, 0.5) is 5.69 Å². The van der Waals surface area contributed by atoms with Crippen LogP contribution in [0.25, 0.3) is 0 Å². The SMILES string of the molecule is COc1cc(OC)c(S(=O)(=O)N(C)C2CCCC2)cc1N. The summed E-state index contributed by atoms with van der Waals surface area (Å²) in [6, 6.07) is 2.95. The zero-order valence-electron chi connectivity index (χ0n) is 12.6. The minimum atomic E-state index is -3.64. The molecule has 0 atom stereocenters. The summed E-state index contributed by atoms with van der Waals surface area (Å²) in [4.78, 5) is 0.0812. The van der Waals surface area contributed by atoms with Crippen LogP contribution in [-0.2, 0) is 10.0 Å². The van der Waals surface area contributed by atoms with Gasteiger partial charge in [0.15, 0.2) is 0 Å². The van der Waals surface area contributed by atoms with Crippen molar-refractivity contribution in [2.75, 3.05) is 27.0 Å². The van der Waals surface area contributed by atoms with Crippen molar-refractivity contribution in [2.45, 2.75) is 36.6 Å². The molecule has 6 nitrogen and oxygen atoms in total. The minimum Gasteiger partial charge on any atom is -0.495 e. The molecule has 1 fully saturated rings. The van der Waals surface area contributed by atoms with E-state index in [-0.39, 0.29) is 22.4 Å². The van der Waals surface area contributed by atoms with Crippen LogP contribution in [0.5, 0.6) is 11.5 Å². The monoisotopic (exact) mass is 314 g/mol. The minimum absolute atomic E-state index is 0.0445. The van der Waals surface area contributed by atoms with Gasteiger partial charge in [-0.3, -0.25) is 0 Å². The van der Waals surface area contributed by atoms with E-state index in [1.807, 2.05) is 0 Å². The van der Waals surface area contributed by atoms with Crippen LogP contribution in [0, 0.1) is 0 Å². The van der Waals surface area contributed by atoms with Crippen LogP contribution >= 0.6 is 0 Å². The van der Waals surface area contributed by atoms with Crippen LogP contribution in [-0.4, -0.2) is 40.0 Å². The standard InChI is InChI=1S/C14H22N2O4S/c1-16(10-6-4-5-7-10)21(17,18)14-8-11(15)12(19-2)9-13(14)20-3/h8-10H,4-7,15H2,1-3H3. The average Bonchev–Trinajstić information content (AvgIpc) is 3.00. The predicted octanol–water partition coefficient (Wildman–Crippen LogP) is 1.85. The zero-order valence-corrected chi connectivity index (χ0v) is 13.4. The fraction of sp³-hybridized carbons (Fsp3) is 0.571. The quantitative estimate of drug-likeness (QED) is 0.839. The van der Waals surface area contributed by atoms with Crippen LogP contribution in [0.3, 0.4) is 0 Å². The maximum atomic E-state index is 12.8. The summed E-state index contributed by atoms with van der Waals surface area (Å²) in [6.07, 6.45) is 3.91. The molecular weight excluding hydrogens is 292 g/mol. The summed E-state index contributed by atoms with van der Waals surface area (Å²) in [5.41, 5.74) is 6.12. The van der Waals surface area contributed by atoms with Gasteiger partial charge in [-0.2, -0.15) is 4.31 Å². The van der Waals surface area contributed by atoms with Crippen LogP contribution in [0.2, 0.25) is 0 Å². The van der Waals surface area contributed by atoms with Crippen LogP contribution in [0.1, 0.15) is 25.7 Å². The first-order valence-electron chi connectivity index (χ1n) is 6.91. The molecule has 0 heterocycles. The molecule has 1 aromatic carbocycles. The zero-order chi connectivity index (χ0) is 15.6. The van der Waals surface area contributed by atoms with Gasteiger partial charge in [0, 0.05) is 19.2 Å². The molecule has 1 aliphatic carbocycles. The molecule has 1 saturated carbocycles. The Balaban J connectivity index is 2.45. The maximum Gasteiger partial charge on any atom is 0.246 e. The molecule has 1 aromatic rings. The van der Waals surface area contributed by atoms with Crippen molar-refractivity contribution >= 4 is 15.7 Å². The lowest BCUT2D eigenvalue weighted by molar-refractivity contribution is 0.363. The molecule has 1 aliphatic rings. The molecule has 0 aliphatic heterocycles. The van der Waals surface area contributed by atoms with E-state index < -0.39 is 10.0 Å². The number of methoxy groups -OCH3 is 2. The van der Waals surface area contributed by atoms with Crippen molar-refractivity contribution in [3.05, 3.63) is 12.1 Å². The predicted molar refractivity (Wildman–Crippen MR) is 81.2 cm³/mol. The lowest BCUT2D eigenvalue weighted by Crippen LogP contribution is -2.35. The summed E-state index contributed by atoms with van der Waals surface area (Å²) in [5, 5.41) is 0. The van der Waals surface area contributed by atoms with E-state index in [2.05, 4.69) is 0 Å². The number of hydrogen-bond donors (Lipinski definition) is 1. The van der Waals surface area contributed by atoms with Gasteiger partial charge in [0.05, 0.1) is 19.9 Å². The van der Waals surface area contributed by atoms with Crippen molar-refractivity contribution < 1.29 is 17.9 Å². The number of anilines is 1. The summed E-state index contributed by atoms with van der Waals surface area (Å²) in [7, 11) is 0.883. The second-order valence-corrected chi connectivity index (χ2v) is 7.17. The Labute approximate surface area is 125 Å². The Hall–Kier alpha value is -1.47. The molecule has 2 rings (SSSR count). The van der Waals surface area contributed by atoms with Gasteiger partial charge in [0.25, 0.3) is 0 Å². The fourth-order valence-electron chi connectivity index (χ4n) is 2.71. The largest absolute Gasteiger partial charge is 0.495 e. The fourth-order valence-corrected chi connectivity index (χ4v) is 4.30. The molecule has 0 unspecified atom stereocenters. The molecule has 0 spiro atoms. The van der Waals surface area contributed by atoms with Crippen LogP contribution in [0.15, 0.2) is 17.0 Å². The second-order valence-electron chi connectivity index (χ2n) is 5.20. The first-order chi connectivity index (χ1) is 9.91. The third kappa shape index (κ3) is 2.94. The van der Waals surface area contributed by atoms with Gasteiger partial charge in [-0.1, -0.05) is 12.8 Å². The molecule has 21 heavy (non-hydrogen) atoms. The number of sulfonamides is 1. The molecule has 0 amide bonds. The first kappa shape index (κ1) is 15.9. The normalized spacial score (nSPS) is 16.4. The van der Waals surface area contributed by atoms with E-state index in [4.69, 9.17) is 15.2 Å². The summed E-state index contributed by atoms with van der Waals surface area (Å²) in [6.45, 7) is 0. The van der Waals surface area contributed by atoms with Crippen molar-refractivity contribution in [1.29, 1.82) is 0 Å². The van der Waals surface area contributed by atoms with Gasteiger partial charge in [-0.15, -0.1) is 0 Å². The highest BCUT2D eigenvalue weighted by molar-refractivity contribution is 7.89. The van der Waals surface area contributed by atoms with E-state index in [1.54, 1.807) is 7.05 Å². The van der Waals surface area contributed by atoms with Crippen molar-refractivity contribution in [2.24, 2.45) is 0 Å². The van der Waals surface area contributed by atoms with E-state index in [9.17, 15) is 8.42 Å². The molecule has 0 saturated heterocycles. The average molecular weight is 314 g/mol. The van der Waals surface area contributed by atoms with Gasteiger partial charge in [-0.05, 0) is 18.9 Å². The summed E-state index contributed by atoms with van der Waals surface area (Å²) < 4.78 is 37.3. The Morgan fingerprint density at radius 2 is 1.71 bits per heavy atom. The van der Waals surface area contributed by atoms with Crippen molar-refractivity contribution in [3.8, 4) is 11.5 Å². The molecular formula is C14H22N2O4S. The summed E-state index contributed by atoms with van der Waals surface area (Å²) >= 11 is 0. The lowest BCUT2D eigenvalue weighted by atomic mass is 10.3. The number of hydrogen-bond acceptors (Lipinski definition) is 5. The Morgan fingerprint density at radius 3 is 2.24 bits per heavy atom. The van der Waals surface area contributed by atoms with Gasteiger partial charge in [-0.25, -0.2) is 8.42 Å². The number of benzene rings is 1. The Bertz CT molecular complexity index is 610. The van der Waals surface area contributed by atoms with Crippen molar-refractivity contribution in [1.82, 2.24) is 4.31 Å². The van der Waals surface area contributed by atoms with Gasteiger partial charge >= 0.3 is 0 Å². The molecule has 0 aromatic heterocycles.